The Morgan fingerprint density at radius 2 is 2.31 bits per heavy atom. The third kappa shape index (κ3) is 2.59. The SMILES string of the molecule is NC(=O)CNCC1OCCc2ccccc21. The number of rotatable bonds is 4. The van der Waals surface area contributed by atoms with E-state index in [0.717, 1.165) is 13.0 Å². The summed E-state index contributed by atoms with van der Waals surface area (Å²) in [6.45, 7) is 1.56. The first kappa shape index (κ1) is 11.1. The molecule has 0 bridgehead atoms. The van der Waals surface area contributed by atoms with Gasteiger partial charge in [-0.15, -0.1) is 0 Å². The molecule has 1 aliphatic heterocycles. The molecule has 0 saturated heterocycles. The molecule has 1 unspecified atom stereocenters. The van der Waals surface area contributed by atoms with Gasteiger partial charge in [-0.2, -0.15) is 0 Å². The summed E-state index contributed by atoms with van der Waals surface area (Å²) < 4.78 is 5.67. The van der Waals surface area contributed by atoms with E-state index in [0.29, 0.717) is 6.54 Å². The maximum absolute atomic E-state index is 10.6. The molecule has 0 spiro atoms. The van der Waals surface area contributed by atoms with Crippen molar-refractivity contribution in [3.8, 4) is 0 Å². The van der Waals surface area contributed by atoms with E-state index in [1.54, 1.807) is 0 Å². The summed E-state index contributed by atoms with van der Waals surface area (Å²) in [5.74, 6) is -0.343. The van der Waals surface area contributed by atoms with Crippen molar-refractivity contribution in [1.82, 2.24) is 5.32 Å². The third-order valence-corrected chi connectivity index (χ3v) is 2.72. The number of benzene rings is 1. The van der Waals surface area contributed by atoms with E-state index in [1.165, 1.54) is 11.1 Å². The molecule has 1 aliphatic rings. The average Bonchev–Trinajstić information content (AvgIpc) is 2.29. The number of carbonyl (C=O) groups excluding carboxylic acids is 1. The van der Waals surface area contributed by atoms with Gasteiger partial charge >= 0.3 is 0 Å². The zero-order chi connectivity index (χ0) is 11.4. The Labute approximate surface area is 94.8 Å². The summed E-state index contributed by atoms with van der Waals surface area (Å²) in [6.07, 6.45) is 0.993. The Morgan fingerprint density at radius 3 is 3.12 bits per heavy atom. The lowest BCUT2D eigenvalue weighted by molar-refractivity contribution is -0.117. The van der Waals surface area contributed by atoms with Crippen LogP contribution in [0.1, 0.15) is 17.2 Å². The van der Waals surface area contributed by atoms with Crippen LogP contribution in [0.15, 0.2) is 24.3 Å². The molecular formula is C12H16N2O2. The number of hydrogen-bond donors (Lipinski definition) is 2. The van der Waals surface area contributed by atoms with Crippen molar-refractivity contribution in [2.75, 3.05) is 19.7 Å². The van der Waals surface area contributed by atoms with Gasteiger partial charge in [-0.1, -0.05) is 24.3 Å². The van der Waals surface area contributed by atoms with Gasteiger partial charge in [0.2, 0.25) is 5.91 Å². The van der Waals surface area contributed by atoms with Crippen molar-refractivity contribution in [3.05, 3.63) is 35.4 Å². The molecule has 2 rings (SSSR count). The monoisotopic (exact) mass is 220 g/mol. The van der Waals surface area contributed by atoms with Crippen LogP contribution in [0.5, 0.6) is 0 Å². The van der Waals surface area contributed by atoms with Crippen molar-refractivity contribution >= 4 is 5.91 Å². The fraction of sp³-hybridized carbons (Fsp3) is 0.417. The van der Waals surface area contributed by atoms with Crippen LogP contribution < -0.4 is 11.1 Å². The highest BCUT2D eigenvalue weighted by Gasteiger charge is 2.19. The zero-order valence-electron chi connectivity index (χ0n) is 9.11. The van der Waals surface area contributed by atoms with E-state index < -0.39 is 0 Å². The van der Waals surface area contributed by atoms with Crippen molar-refractivity contribution in [3.63, 3.8) is 0 Å². The highest BCUT2D eigenvalue weighted by molar-refractivity contribution is 5.75. The predicted octanol–water partition coefficient (Wildman–Crippen LogP) is 0.375. The molecule has 4 nitrogen and oxygen atoms in total. The first-order chi connectivity index (χ1) is 7.77. The van der Waals surface area contributed by atoms with Crippen LogP contribution in [0.3, 0.4) is 0 Å². The summed E-state index contributed by atoms with van der Waals surface area (Å²) >= 11 is 0. The largest absolute Gasteiger partial charge is 0.372 e. The molecule has 1 atom stereocenters. The Bertz CT molecular complexity index is 379. The van der Waals surface area contributed by atoms with E-state index >= 15 is 0 Å². The first-order valence-corrected chi connectivity index (χ1v) is 5.46. The number of nitrogens with one attached hydrogen (secondary N) is 1. The number of carbonyl (C=O) groups is 1. The van der Waals surface area contributed by atoms with Crippen LogP contribution in [-0.2, 0) is 16.0 Å². The highest BCUT2D eigenvalue weighted by Crippen LogP contribution is 2.25. The molecule has 0 fully saturated rings. The van der Waals surface area contributed by atoms with Crippen LogP contribution in [0, 0.1) is 0 Å². The molecule has 0 saturated carbocycles. The van der Waals surface area contributed by atoms with Gasteiger partial charge in [-0.25, -0.2) is 0 Å². The lowest BCUT2D eigenvalue weighted by atomic mass is 9.97. The van der Waals surface area contributed by atoms with Crippen LogP contribution in [0.2, 0.25) is 0 Å². The number of amides is 1. The molecule has 86 valence electrons. The molecule has 1 heterocycles. The summed E-state index contributed by atoms with van der Waals surface area (Å²) in [5, 5.41) is 3.00. The smallest absolute Gasteiger partial charge is 0.231 e. The molecule has 3 N–H and O–H groups in total. The molecule has 1 aromatic rings. The second kappa shape index (κ2) is 5.09. The van der Waals surface area contributed by atoms with Gasteiger partial charge < -0.3 is 15.8 Å². The number of fused-ring (bicyclic) bond motifs is 1. The second-order valence-corrected chi connectivity index (χ2v) is 3.91. The number of nitrogens with two attached hydrogens (primary N) is 1. The highest BCUT2D eigenvalue weighted by atomic mass is 16.5. The zero-order valence-corrected chi connectivity index (χ0v) is 9.11. The molecule has 16 heavy (non-hydrogen) atoms. The maximum Gasteiger partial charge on any atom is 0.231 e. The van der Waals surface area contributed by atoms with Gasteiger partial charge in [0.1, 0.15) is 0 Å². The topological polar surface area (TPSA) is 64.4 Å². The lowest BCUT2D eigenvalue weighted by Crippen LogP contribution is -2.33. The van der Waals surface area contributed by atoms with Gasteiger partial charge in [0.15, 0.2) is 0 Å². The molecule has 4 heteroatoms. The predicted molar refractivity (Wildman–Crippen MR) is 60.9 cm³/mol. The van der Waals surface area contributed by atoms with E-state index in [4.69, 9.17) is 10.5 Å². The van der Waals surface area contributed by atoms with E-state index in [-0.39, 0.29) is 18.6 Å². The minimum atomic E-state index is -0.343. The van der Waals surface area contributed by atoms with Gasteiger partial charge in [0.25, 0.3) is 0 Å². The summed E-state index contributed by atoms with van der Waals surface area (Å²) in [4.78, 5) is 10.6. The standard InChI is InChI=1S/C12H16N2O2/c13-12(15)8-14-7-11-10-4-2-1-3-9(10)5-6-16-11/h1-4,11,14H,5-8H2,(H2,13,15). The number of ether oxygens (including phenoxy) is 1. The Kier molecular flexibility index (Phi) is 3.54. The van der Waals surface area contributed by atoms with E-state index in [9.17, 15) is 4.79 Å². The summed E-state index contributed by atoms with van der Waals surface area (Å²) in [6, 6.07) is 8.25. The fourth-order valence-electron chi connectivity index (χ4n) is 1.97. The lowest BCUT2D eigenvalue weighted by Gasteiger charge is -2.26. The molecule has 1 amide bonds. The van der Waals surface area contributed by atoms with Gasteiger partial charge in [-0.3, -0.25) is 4.79 Å². The van der Waals surface area contributed by atoms with Crippen LogP contribution in [-0.4, -0.2) is 25.6 Å². The molecule has 0 radical (unpaired) electrons. The molecular weight excluding hydrogens is 204 g/mol. The number of hydrogen-bond acceptors (Lipinski definition) is 3. The van der Waals surface area contributed by atoms with E-state index in [2.05, 4.69) is 17.4 Å². The normalized spacial score (nSPS) is 19.1. The number of primary amides is 1. The van der Waals surface area contributed by atoms with Crippen LogP contribution >= 0.6 is 0 Å². The third-order valence-electron chi connectivity index (χ3n) is 2.72. The Morgan fingerprint density at radius 1 is 1.50 bits per heavy atom. The minimum absolute atomic E-state index is 0.0318. The Balaban J connectivity index is 1.99. The minimum Gasteiger partial charge on any atom is -0.372 e. The second-order valence-electron chi connectivity index (χ2n) is 3.91. The van der Waals surface area contributed by atoms with Gasteiger partial charge in [0, 0.05) is 6.54 Å². The van der Waals surface area contributed by atoms with Gasteiger partial charge in [0.05, 0.1) is 19.3 Å². The Hall–Kier alpha value is -1.39. The molecule has 1 aromatic carbocycles. The van der Waals surface area contributed by atoms with Crippen molar-refractivity contribution in [1.29, 1.82) is 0 Å². The van der Waals surface area contributed by atoms with Gasteiger partial charge in [-0.05, 0) is 17.5 Å². The van der Waals surface area contributed by atoms with Crippen molar-refractivity contribution in [2.45, 2.75) is 12.5 Å². The fourth-order valence-corrected chi connectivity index (χ4v) is 1.97. The first-order valence-electron chi connectivity index (χ1n) is 5.46. The summed E-state index contributed by atoms with van der Waals surface area (Å²) in [7, 11) is 0. The average molecular weight is 220 g/mol. The molecule has 0 aromatic heterocycles. The summed E-state index contributed by atoms with van der Waals surface area (Å²) in [5.41, 5.74) is 7.61. The molecule has 0 aliphatic carbocycles. The van der Waals surface area contributed by atoms with Crippen LogP contribution in [0.4, 0.5) is 0 Å². The van der Waals surface area contributed by atoms with Crippen LogP contribution in [0.25, 0.3) is 0 Å². The van der Waals surface area contributed by atoms with Crippen molar-refractivity contribution < 1.29 is 9.53 Å². The quantitative estimate of drug-likeness (QED) is 0.770. The van der Waals surface area contributed by atoms with E-state index in [1.807, 2.05) is 12.1 Å². The van der Waals surface area contributed by atoms with Crippen molar-refractivity contribution in [2.24, 2.45) is 5.73 Å². The maximum atomic E-state index is 10.6.